The highest BCUT2D eigenvalue weighted by Gasteiger charge is 2.17. The van der Waals surface area contributed by atoms with Crippen LogP contribution in [0.25, 0.3) is 11.4 Å². The smallest absolute Gasteiger partial charge is 0.183 e. The topological polar surface area (TPSA) is 57.8 Å². The lowest BCUT2D eigenvalue weighted by molar-refractivity contribution is 0.101. The van der Waals surface area contributed by atoms with E-state index in [0.29, 0.717) is 0 Å². The van der Waals surface area contributed by atoms with E-state index in [1.54, 1.807) is 18.3 Å². The lowest BCUT2D eigenvalue weighted by Gasteiger charge is -1.96. The van der Waals surface area contributed by atoms with Crippen molar-refractivity contribution in [3.05, 3.63) is 22.2 Å². The van der Waals surface area contributed by atoms with Gasteiger partial charge in [0.05, 0.1) is 5.69 Å². The number of nitrogens with one attached hydrogen (secondary N) is 2. The summed E-state index contributed by atoms with van der Waals surface area (Å²) >= 11 is 1.55. The molecule has 2 aromatic rings. The summed E-state index contributed by atoms with van der Waals surface area (Å²) in [4.78, 5) is 19.2. The first-order valence-electron chi connectivity index (χ1n) is 5.38. The number of carbonyl (C=O) groups is 1. The average Bonchev–Trinajstić information content (AvgIpc) is 2.82. The molecule has 0 bridgehead atoms. The number of H-pyrrole nitrogens is 1. The third-order valence-corrected chi connectivity index (χ3v) is 3.62. The number of hydrogen-bond donors (Lipinski definition) is 2. The van der Waals surface area contributed by atoms with Crippen LogP contribution in [0.3, 0.4) is 0 Å². The normalized spacial score (nSPS) is 10.6. The van der Waals surface area contributed by atoms with Gasteiger partial charge in [0.2, 0.25) is 0 Å². The lowest BCUT2D eigenvalue weighted by Crippen LogP contribution is -1.94. The van der Waals surface area contributed by atoms with Gasteiger partial charge in [0.15, 0.2) is 10.9 Å². The summed E-state index contributed by atoms with van der Waals surface area (Å²) in [6, 6.07) is 0. The minimum Gasteiger partial charge on any atom is -0.365 e. The molecule has 0 saturated carbocycles. The summed E-state index contributed by atoms with van der Waals surface area (Å²) in [5.41, 5.74) is 4.48. The van der Waals surface area contributed by atoms with Crippen molar-refractivity contribution >= 4 is 22.3 Å². The molecule has 0 amide bonds. The molecule has 0 spiro atoms. The molecule has 5 heteroatoms. The van der Waals surface area contributed by atoms with E-state index >= 15 is 0 Å². The standard InChI is InChI=1S/C12H15N3OS/c1-6-10(8(3)16)7(2)14-11(6)9-5-17-12(13-4)15-9/h5,14H,1-4H3,(H,13,15). The van der Waals surface area contributed by atoms with E-state index in [1.807, 2.05) is 26.3 Å². The zero-order valence-corrected chi connectivity index (χ0v) is 11.2. The van der Waals surface area contributed by atoms with Gasteiger partial charge in [-0.25, -0.2) is 4.98 Å². The van der Waals surface area contributed by atoms with Crippen LogP contribution in [0.5, 0.6) is 0 Å². The quantitative estimate of drug-likeness (QED) is 0.822. The Kier molecular flexibility index (Phi) is 3.02. The highest BCUT2D eigenvalue weighted by Crippen LogP contribution is 2.29. The molecular formula is C12H15N3OS. The number of ketones is 1. The third kappa shape index (κ3) is 1.98. The van der Waals surface area contributed by atoms with Crippen LogP contribution in [0.15, 0.2) is 5.38 Å². The Hall–Kier alpha value is -1.62. The summed E-state index contributed by atoms with van der Waals surface area (Å²) in [6.07, 6.45) is 0. The molecule has 0 saturated heterocycles. The summed E-state index contributed by atoms with van der Waals surface area (Å²) in [7, 11) is 1.84. The van der Waals surface area contributed by atoms with E-state index in [2.05, 4.69) is 15.3 Å². The minimum atomic E-state index is 0.0894. The fourth-order valence-electron chi connectivity index (χ4n) is 2.04. The number of anilines is 1. The van der Waals surface area contributed by atoms with Gasteiger partial charge < -0.3 is 10.3 Å². The molecule has 2 rings (SSSR count). The van der Waals surface area contributed by atoms with Crippen molar-refractivity contribution in [2.45, 2.75) is 20.8 Å². The number of rotatable bonds is 3. The summed E-state index contributed by atoms with van der Waals surface area (Å²) in [5, 5.41) is 5.86. The fraction of sp³-hybridized carbons (Fsp3) is 0.333. The van der Waals surface area contributed by atoms with Gasteiger partial charge in [0, 0.05) is 23.7 Å². The molecule has 0 aromatic carbocycles. The van der Waals surface area contributed by atoms with Crippen molar-refractivity contribution in [2.75, 3.05) is 12.4 Å². The Labute approximate surface area is 104 Å². The van der Waals surface area contributed by atoms with Gasteiger partial charge in [-0.3, -0.25) is 4.79 Å². The second-order valence-corrected chi connectivity index (χ2v) is 4.83. The Morgan fingerprint density at radius 1 is 1.47 bits per heavy atom. The van der Waals surface area contributed by atoms with Crippen LogP contribution in [0, 0.1) is 13.8 Å². The lowest BCUT2D eigenvalue weighted by atomic mass is 10.1. The number of carbonyl (C=O) groups excluding carboxylic acids is 1. The van der Waals surface area contributed by atoms with Crippen molar-refractivity contribution in [1.82, 2.24) is 9.97 Å². The van der Waals surface area contributed by atoms with Crippen molar-refractivity contribution in [3.63, 3.8) is 0 Å². The average molecular weight is 249 g/mol. The SMILES string of the molecule is CNc1nc(-c2[nH]c(C)c(C(C)=O)c2C)cs1. The third-order valence-electron chi connectivity index (χ3n) is 2.76. The van der Waals surface area contributed by atoms with Crippen LogP contribution in [0.2, 0.25) is 0 Å². The van der Waals surface area contributed by atoms with Crippen molar-refractivity contribution in [1.29, 1.82) is 0 Å². The molecule has 0 aliphatic rings. The van der Waals surface area contributed by atoms with Gasteiger partial charge in [0.25, 0.3) is 0 Å². The predicted octanol–water partition coefficient (Wildman–Crippen LogP) is 3.00. The number of Topliss-reactive ketones (excluding diaryl/α,β-unsaturated/α-hetero) is 1. The van der Waals surface area contributed by atoms with E-state index in [4.69, 9.17) is 0 Å². The highest BCUT2D eigenvalue weighted by molar-refractivity contribution is 7.14. The number of aryl methyl sites for hydroxylation is 1. The molecule has 2 heterocycles. The molecule has 0 atom stereocenters. The largest absolute Gasteiger partial charge is 0.365 e. The molecule has 90 valence electrons. The van der Waals surface area contributed by atoms with Crippen LogP contribution in [0.4, 0.5) is 5.13 Å². The molecule has 2 aromatic heterocycles. The number of hydrogen-bond acceptors (Lipinski definition) is 4. The maximum Gasteiger partial charge on any atom is 0.183 e. The number of thiazole rings is 1. The maximum atomic E-state index is 11.5. The van der Waals surface area contributed by atoms with Gasteiger partial charge in [-0.1, -0.05) is 0 Å². The van der Waals surface area contributed by atoms with Crippen LogP contribution >= 0.6 is 11.3 Å². The summed E-state index contributed by atoms with van der Waals surface area (Å²) < 4.78 is 0. The molecule has 0 fully saturated rings. The van der Waals surface area contributed by atoms with Crippen molar-refractivity contribution < 1.29 is 4.79 Å². The predicted molar refractivity (Wildman–Crippen MR) is 70.9 cm³/mol. The van der Waals surface area contributed by atoms with Crippen molar-refractivity contribution in [3.8, 4) is 11.4 Å². The second-order valence-electron chi connectivity index (χ2n) is 3.97. The van der Waals surface area contributed by atoms with E-state index < -0.39 is 0 Å². The molecule has 0 aliphatic carbocycles. The summed E-state index contributed by atoms with van der Waals surface area (Å²) in [5.74, 6) is 0.0894. The first-order valence-corrected chi connectivity index (χ1v) is 6.26. The zero-order chi connectivity index (χ0) is 12.6. The Morgan fingerprint density at radius 3 is 2.65 bits per heavy atom. The van der Waals surface area contributed by atoms with E-state index in [-0.39, 0.29) is 5.78 Å². The molecule has 0 unspecified atom stereocenters. The van der Waals surface area contributed by atoms with Crippen LogP contribution in [0.1, 0.15) is 28.5 Å². The Bertz CT molecular complexity index is 568. The van der Waals surface area contributed by atoms with Gasteiger partial charge in [-0.15, -0.1) is 11.3 Å². The Balaban J connectivity index is 2.53. The zero-order valence-electron chi connectivity index (χ0n) is 10.3. The molecule has 17 heavy (non-hydrogen) atoms. The van der Waals surface area contributed by atoms with Gasteiger partial charge in [-0.2, -0.15) is 0 Å². The second kappa shape index (κ2) is 4.33. The molecule has 0 aliphatic heterocycles. The van der Waals surface area contributed by atoms with Crippen LogP contribution in [-0.2, 0) is 0 Å². The summed E-state index contributed by atoms with van der Waals surface area (Å²) in [6.45, 7) is 5.46. The molecule has 0 radical (unpaired) electrons. The minimum absolute atomic E-state index is 0.0894. The monoisotopic (exact) mass is 249 g/mol. The van der Waals surface area contributed by atoms with E-state index in [0.717, 1.165) is 33.3 Å². The fourth-order valence-corrected chi connectivity index (χ4v) is 2.70. The molecule has 2 N–H and O–H groups in total. The van der Waals surface area contributed by atoms with Crippen molar-refractivity contribution in [2.24, 2.45) is 0 Å². The maximum absolute atomic E-state index is 11.5. The number of nitrogens with zero attached hydrogens (tertiary/aromatic N) is 1. The highest BCUT2D eigenvalue weighted by atomic mass is 32.1. The molecule has 4 nitrogen and oxygen atoms in total. The van der Waals surface area contributed by atoms with Gasteiger partial charge in [-0.05, 0) is 26.3 Å². The van der Waals surface area contributed by atoms with E-state index in [1.165, 1.54) is 0 Å². The molecular weight excluding hydrogens is 234 g/mol. The van der Waals surface area contributed by atoms with Gasteiger partial charge >= 0.3 is 0 Å². The van der Waals surface area contributed by atoms with Crippen LogP contribution < -0.4 is 5.32 Å². The Morgan fingerprint density at radius 2 is 2.18 bits per heavy atom. The van der Waals surface area contributed by atoms with E-state index in [9.17, 15) is 4.79 Å². The van der Waals surface area contributed by atoms with Gasteiger partial charge in [0.1, 0.15) is 5.69 Å². The number of aromatic amines is 1. The van der Waals surface area contributed by atoms with Crippen LogP contribution in [-0.4, -0.2) is 22.8 Å². The first-order chi connectivity index (χ1) is 8.04. The number of aromatic nitrogens is 2. The first kappa shape index (κ1) is 11.9.